The lowest BCUT2D eigenvalue weighted by Crippen LogP contribution is -2.16. The number of nitrogens with one attached hydrogen (secondary N) is 1. The summed E-state index contributed by atoms with van der Waals surface area (Å²) in [5.41, 5.74) is 1.28. The Bertz CT molecular complexity index is 539. The number of ether oxygens (including phenoxy) is 1. The number of rotatable bonds is 8. The zero-order chi connectivity index (χ0) is 15.1. The van der Waals surface area contributed by atoms with Crippen LogP contribution in [0.15, 0.2) is 30.5 Å². The highest BCUT2D eigenvalue weighted by Crippen LogP contribution is 2.20. The van der Waals surface area contributed by atoms with E-state index in [4.69, 9.17) is 4.74 Å². The Morgan fingerprint density at radius 2 is 2.00 bits per heavy atom. The molecule has 0 bridgehead atoms. The van der Waals surface area contributed by atoms with Gasteiger partial charge in [0.1, 0.15) is 5.75 Å². The van der Waals surface area contributed by atoms with Crippen molar-refractivity contribution in [2.75, 3.05) is 26.0 Å². The van der Waals surface area contributed by atoms with Gasteiger partial charge in [0.2, 0.25) is 0 Å². The Hall–Kier alpha value is -1.59. The predicted molar refractivity (Wildman–Crippen MR) is 89.1 cm³/mol. The number of methoxy groups -OCH3 is 1. The fourth-order valence-corrected chi connectivity index (χ4v) is 2.98. The first kappa shape index (κ1) is 15.8. The van der Waals surface area contributed by atoms with Crippen LogP contribution >= 0.6 is 11.3 Å². The van der Waals surface area contributed by atoms with Gasteiger partial charge in [0.05, 0.1) is 7.11 Å². The molecule has 4 nitrogen and oxygen atoms in total. The molecule has 0 spiro atoms. The van der Waals surface area contributed by atoms with Gasteiger partial charge >= 0.3 is 0 Å². The molecule has 5 heteroatoms. The molecule has 1 aromatic heterocycles. The van der Waals surface area contributed by atoms with Crippen molar-refractivity contribution in [1.29, 1.82) is 0 Å². The number of hydrogen-bond acceptors (Lipinski definition) is 5. The largest absolute Gasteiger partial charge is 0.497 e. The fraction of sp³-hybridized carbons (Fsp3) is 0.438. The smallest absolute Gasteiger partial charge is 0.182 e. The highest BCUT2D eigenvalue weighted by molar-refractivity contribution is 7.15. The maximum Gasteiger partial charge on any atom is 0.182 e. The van der Waals surface area contributed by atoms with Gasteiger partial charge in [-0.1, -0.05) is 19.1 Å². The molecule has 0 saturated heterocycles. The predicted octanol–water partition coefficient (Wildman–Crippen LogP) is 3.61. The van der Waals surface area contributed by atoms with Crippen molar-refractivity contribution < 1.29 is 4.74 Å². The molecule has 0 atom stereocenters. The van der Waals surface area contributed by atoms with Crippen LogP contribution in [0.2, 0.25) is 0 Å². The summed E-state index contributed by atoms with van der Waals surface area (Å²) in [5.74, 6) is 0.899. The molecule has 0 unspecified atom stereocenters. The van der Waals surface area contributed by atoms with E-state index in [0.29, 0.717) is 0 Å². The maximum absolute atomic E-state index is 5.18. The number of hydrogen-bond donors (Lipinski definition) is 1. The lowest BCUT2D eigenvalue weighted by atomic mass is 10.2. The number of aromatic nitrogens is 1. The van der Waals surface area contributed by atoms with Gasteiger partial charge in [0, 0.05) is 30.7 Å². The number of benzene rings is 1. The molecule has 2 rings (SSSR count). The zero-order valence-corrected chi connectivity index (χ0v) is 13.7. The maximum atomic E-state index is 5.18. The summed E-state index contributed by atoms with van der Waals surface area (Å²) in [6.45, 7) is 4.97. The summed E-state index contributed by atoms with van der Waals surface area (Å²) in [4.78, 5) is 7.97. The third-order valence-corrected chi connectivity index (χ3v) is 4.06. The standard InChI is InChI=1S/C16H23N3OS/c1-4-9-17-16-18-10-15(21-16)12-19(2)11-13-5-7-14(20-3)8-6-13/h5-8,10H,4,9,11-12H2,1-3H3,(H,17,18). The summed E-state index contributed by atoms with van der Waals surface area (Å²) < 4.78 is 5.18. The lowest BCUT2D eigenvalue weighted by molar-refractivity contribution is 0.321. The van der Waals surface area contributed by atoms with E-state index in [-0.39, 0.29) is 0 Å². The van der Waals surface area contributed by atoms with Crippen molar-refractivity contribution in [2.45, 2.75) is 26.4 Å². The molecule has 0 aliphatic rings. The first-order valence-corrected chi connectivity index (χ1v) is 8.03. The molecule has 2 aromatic rings. The summed E-state index contributed by atoms with van der Waals surface area (Å²) in [6.07, 6.45) is 3.08. The van der Waals surface area contributed by atoms with Crippen LogP contribution in [0.4, 0.5) is 5.13 Å². The normalized spacial score (nSPS) is 10.9. The summed E-state index contributed by atoms with van der Waals surface area (Å²) in [5, 5.41) is 4.34. The van der Waals surface area contributed by atoms with Gasteiger partial charge in [0.15, 0.2) is 5.13 Å². The second kappa shape index (κ2) is 8.00. The van der Waals surface area contributed by atoms with E-state index < -0.39 is 0 Å². The molecule has 0 radical (unpaired) electrons. The van der Waals surface area contributed by atoms with E-state index in [2.05, 4.69) is 41.3 Å². The van der Waals surface area contributed by atoms with Crippen LogP contribution in [0.1, 0.15) is 23.8 Å². The van der Waals surface area contributed by atoms with Crippen molar-refractivity contribution in [3.05, 3.63) is 40.9 Å². The SMILES string of the molecule is CCCNc1ncc(CN(C)Cc2ccc(OC)cc2)s1. The Morgan fingerprint density at radius 3 is 2.67 bits per heavy atom. The van der Waals surface area contributed by atoms with Gasteiger partial charge < -0.3 is 10.1 Å². The van der Waals surface area contributed by atoms with Crippen LogP contribution in [-0.2, 0) is 13.1 Å². The van der Waals surface area contributed by atoms with Crippen molar-refractivity contribution >= 4 is 16.5 Å². The van der Waals surface area contributed by atoms with Crippen LogP contribution in [-0.4, -0.2) is 30.6 Å². The Balaban J connectivity index is 1.85. The zero-order valence-electron chi connectivity index (χ0n) is 12.9. The van der Waals surface area contributed by atoms with Gasteiger partial charge in [0.25, 0.3) is 0 Å². The molecule has 0 aliphatic carbocycles. The monoisotopic (exact) mass is 305 g/mol. The third-order valence-electron chi connectivity index (χ3n) is 3.12. The minimum absolute atomic E-state index is 0.899. The number of thiazole rings is 1. The molecule has 0 fully saturated rings. The molecular formula is C16H23N3OS. The van der Waals surface area contributed by atoms with Gasteiger partial charge in [-0.15, -0.1) is 11.3 Å². The van der Waals surface area contributed by atoms with Crippen LogP contribution in [0.3, 0.4) is 0 Å². The molecule has 0 amide bonds. The average Bonchev–Trinajstić information content (AvgIpc) is 2.93. The molecule has 1 N–H and O–H groups in total. The molecule has 0 aliphatic heterocycles. The van der Waals surface area contributed by atoms with Gasteiger partial charge in [-0.05, 0) is 31.2 Å². The van der Waals surface area contributed by atoms with E-state index in [1.165, 1.54) is 10.4 Å². The second-order valence-corrected chi connectivity index (χ2v) is 6.19. The number of anilines is 1. The Kier molecular flexibility index (Phi) is 6.02. The highest BCUT2D eigenvalue weighted by Gasteiger charge is 2.06. The Labute approximate surface area is 130 Å². The van der Waals surface area contributed by atoms with Crippen molar-refractivity contribution in [1.82, 2.24) is 9.88 Å². The van der Waals surface area contributed by atoms with E-state index >= 15 is 0 Å². The van der Waals surface area contributed by atoms with Crippen LogP contribution in [0, 0.1) is 0 Å². The second-order valence-electron chi connectivity index (χ2n) is 5.08. The molecule has 1 heterocycles. The van der Waals surface area contributed by atoms with Gasteiger partial charge in [-0.3, -0.25) is 4.90 Å². The van der Waals surface area contributed by atoms with E-state index in [1.807, 2.05) is 18.3 Å². The van der Waals surface area contributed by atoms with Crippen LogP contribution in [0.5, 0.6) is 5.75 Å². The first-order valence-electron chi connectivity index (χ1n) is 7.21. The molecule has 114 valence electrons. The number of nitrogens with zero attached hydrogens (tertiary/aromatic N) is 2. The highest BCUT2D eigenvalue weighted by atomic mass is 32.1. The average molecular weight is 305 g/mol. The molecule has 1 aromatic carbocycles. The van der Waals surface area contributed by atoms with Crippen molar-refractivity contribution in [3.63, 3.8) is 0 Å². The fourth-order valence-electron chi connectivity index (χ4n) is 2.06. The van der Waals surface area contributed by atoms with E-state index in [9.17, 15) is 0 Å². The van der Waals surface area contributed by atoms with Crippen molar-refractivity contribution in [2.24, 2.45) is 0 Å². The molecular weight excluding hydrogens is 282 g/mol. The van der Waals surface area contributed by atoms with Crippen molar-refractivity contribution in [3.8, 4) is 5.75 Å². The van der Waals surface area contributed by atoms with Gasteiger partial charge in [-0.25, -0.2) is 4.98 Å². The van der Waals surface area contributed by atoms with E-state index in [1.54, 1.807) is 18.4 Å². The summed E-state index contributed by atoms with van der Waals surface area (Å²) in [7, 11) is 3.82. The first-order chi connectivity index (χ1) is 10.2. The van der Waals surface area contributed by atoms with Gasteiger partial charge in [-0.2, -0.15) is 0 Å². The molecule has 21 heavy (non-hydrogen) atoms. The van der Waals surface area contributed by atoms with E-state index in [0.717, 1.165) is 36.9 Å². The topological polar surface area (TPSA) is 37.4 Å². The lowest BCUT2D eigenvalue weighted by Gasteiger charge is -2.15. The Morgan fingerprint density at radius 1 is 1.24 bits per heavy atom. The quantitative estimate of drug-likeness (QED) is 0.808. The minimum atomic E-state index is 0.899. The summed E-state index contributed by atoms with van der Waals surface area (Å²) in [6, 6.07) is 8.22. The third kappa shape index (κ3) is 5.02. The van der Waals surface area contributed by atoms with Crippen LogP contribution in [0.25, 0.3) is 0 Å². The van der Waals surface area contributed by atoms with Crippen LogP contribution < -0.4 is 10.1 Å². The molecule has 0 saturated carbocycles. The summed E-state index contributed by atoms with van der Waals surface area (Å²) >= 11 is 1.73. The minimum Gasteiger partial charge on any atom is -0.497 e.